The van der Waals surface area contributed by atoms with Gasteiger partial charge in [-0.15, -0.1) is 0 Å². The number of aromatic nitrogens is 4. The number of ether oxygens (including phenoxy) is 1. The van der Waals surface area contributed by atoms with Crippen LogP contribution in [-0.2, 0) is 4.74 Å². The molecule has 0 spiro atoms. The minimum atomic E-state index is -0.554. The lowest BCUT2D eigenvalue weighted by molar-refractivity contribution is 0.0184. The van der Waals surface area contributed by atoms with E-state index in [0.717, 1.165) is 18.6 Å². The zero-order valence-corrected chi connectivity index (χ0v) is 23.9. The van der Waals surface area contributed by atoms with Gasteiger partial charge in [0.25, 0.3) is 0 Å². The summed E-state index contributed by atoms with van der Waals surface area (Å²) in [7, 11) is 0. The fourth-order valence-electron chi connectivity index (χ4n) is 5.91. The van der Waals surface area contributed by atoms with E-state index in [9.17, 15) is 13.6 Å². The molecule has 1 aromatic carbocycles. The number of carbonyl (C=O) groups is 1. The van der Waals surface area contributed by atoms with Crippen molar-refractivity contribution in [2.45, 2.75) is 64.1 Å². The van der Waals surface area contributed by atoms with Crippen molar-refractivity contribution in [3.05, 3.63) is 71.9 Å². The van der Waals surface area contributed by atoms with Gasteiger partial charge in [-0.25, -0.2) is 22.9 Å². The fourth-order valence-corrected chi connectivity index (χ4v) is 5.91. The number of amides is 1. The third-order valence-corrected chi connectivity index (χ3v) is 7.90. The standard InChI is InChI=1S/C31H33F3N6O2/c1-31(2,3)42-30(41)38-13-10-21(11-14-38)40-18-19(16-36-40)28-24(34)17-35-25-8-9-27(37-29(25)28)39-12-4-5-26(39)22-15-20(32)6-7-23(22)33/h6-9,15-18,21,26H,4-5,10-14H2,1-3H3/t26-/m1/s1. The number of nitrogens with zero attached hydrogens (tertiary/aromatic N) is 6. The first kappa shape index (κ1) is 28.0. The highest BCUT2D eigenvalue weighted by molar-refractivity contribution is 5.92. The summed E-state index contributed by atoms with van der Waals surface area (Å²) in [6.07, 6.45) is 7.09. The van der Waals surface area contributed by atoms with E-state index < -0.39 is 23.1 Å². The highest BCUT2D eigenvalue weighted by atomic mass is 19.1. The molecule has 0 aliphatic carbocycles. The summed E-state index contributed by atoms with van der Waals surface area (Å²) in [5.41, 5.74) is 1.46. The van der Waals surface area contributed by atoms with E-state index in [-0.39, 0.29) is 29.3 Å². The van der Waals surface area contributed by atoms with E-state index in [2.05, 4.69) is 10.1 Å². The summed E-state index contributed by atoms with van der Waals surface area (Å²) >= 11 is 0. The van der Waals surface area contributed by atoms with Crippen LogP contribution in [0.15, 0.2) is 48.9 Å². The summed E-state index contributed by atoms with van der Waals surface area (Å²) in [4.78, 5) is 25.1. The van der Waals surface area contributed by atoms with Crippen molar-refractivity contribution in [2.24, 2.45) is 0 Å². The molecular weight excluding hydrogens is 545 g/mol. The van der Waals surface area contributed by atoms with Crippen molar-refractivity contribution in [2.75, 3.05) is 24.5 Å². The second kappa shape index (κ2) is 10.9. The van der Waals surface area contributed by atoms with Gasteiger partial charge in [-0.3, -0.25) is 9.67 Å². The lowest BCUT2D eigenvalue weighted by Gasteiger charge is -2.33. The van der Waals surface area contributed by atoms with Crippen molar-refractivity contribution in [1.29, 1.82) is 0 Å². The highest BCUT2D eigenvalue weighted by Gasteiger charge is 2.31. The molecule has 3 aromatic heterocycles. The molecule has 2 aliphatic rings. The smallest absolute Gasteiger partial charge is 0.410 e. The van der Waals surface area contributed by atoms with Gasteiger partial charge in [0.2, 0.25) is 0 Å². The third kappa shape index (κ3) is 5.52. The van der Waals surface area contributed by atoms with Crippen LogP contribution in [0.2, 0.25) is 0 Å². The molecule has 0 N–H and O–H groups in total. The predicted molar refractivity (Wildman–Crippen MR) is 152 cm³/mol. The zero-order valence-electron chi connectivity index (χ0n) is 23.9. The van der Waals surface area contributed by atoms with Gasteiger partial charge < -0.3 is 14.5 Å². The molecule has 8 nitrogen and oxygen atoms in total. The number of halogens is 3. The molecule has 1 atom stereocenters. The fraction of sp³-hybridized carbons (Fsp3) is 0.419. The second-order valence-electron chi connectivity index (χ2n) is 11.9. The molecular formula is C31H33F3N6O2. The minimum absolute atomic E-state index is 0.0450. The van der Waals surface area contributed by atoms with Gasteiger partial charge >= 0.3 is 6.09 Å². The lowest BCUT2D eigenvalue weighted by Crippen LogP contribution is -2.42. The predicted octanol–water partition coefficient (Wildman–Crippen LogP) is 6.82. The maximum atomic E-state index is 15.4. The molecule has 6 rings (SSSR count). The normalized spacial score (nSPS) is 18.2. The summed E-state index contributed by atoms with van der Waals surface area (Å²) < 4.78 is 51.4. The van der Waals surface area contributed by atoms with Crippen molar-refractivity contribution < 1.29 is 22.7 Å². The molecule has 2 saturated heterocycles. The number of carbonyl (C=O) groups excluding carboxylic acids is 1. The van der Waals surface area contributed by atoms with E-state index in [1.807, 2.05) is 30.4 Å². The van der Waals surface area contributed by atoms with Crippen LogP contribution in [0.25, 0.3) is 22.2 Å². The summed E-state index contributed by atoms with van der Waals surface area (Å²) in [5, 5.41) is 4.54. The average molecular weight is 579 g/mol. The number of piperidine rings is 1. The summed E-state index contributed by atoms with van der Waals surface area (Å²) in [5.74, 6) is -0.942. The highest BCUT2D eigenvalue weighted by Crippen LogP contribution is 2.38. The third-order valence-electron chi connectivity index (χ3n) is 7.90. The average Bonchev–Trinajstić information content (AvgIpc) is 3.64. The van der Waals surface area contributed by atoms with Gasteiger partial charge in [0, 0.05) is 37.0 Å². The van der Waals surface area contributed by atoms with Crippen LogP contribution in [0.5, 0.6) is 0 Å². The van der Waals surface area contributed by atoms with E-state index >= 15 is 4.39 Å². The van der Waals surface area contributed by atoms with Crippen molar-refractivity contribution in [1.82, 2.24) is 24.6 Å². The Kier molecular flexibility index (Phi) is 7.28. The van der Waals surface area contributed by atoms with Crippen LogP contribution >= 0.6 is 0 Å². The van der Waals surface area contributed by atoms with E-state index in [4.69, 9.17) is 9.72 Å². The van der Waals surface area contributed by atoms with Crippen LogP contribution in [0.3, 0.4) is 0 Å². The largest absolute Gasteiger partial charge is 0.444 e. The Labute approximate surface area is 242 Å². The number of hydrogen-bond donors (Lipinski definition) is 0. The zero-order chi connectivity index (χ0) is 29.6. The number of benzene rings is 1. The van der Waals surface area contributed by atoms with E-state index in [0.29, 0.717) is 61.3 Å². The Morgan fingerprint density at radius 2 is 1.76 bits per heavy atom. The molecule has 4 aromatic rings. The summed E-state index contributed by atoms with van der Waals surface area (Å²) in [6, 6.07) is 6.71. The minimum Gasteiger partial charge on any atom is -0.444 e. The first-order valence-electron chi connectivity index (χ1n) is 14.3. The molecule has 0 radical (unpaired) electrons. The molecule has 0 unspecified atom stereocenters. The number of likely N-dealkylation sites (tertiary alicyclic amines) is 1. The van der Waals surface area contributed by atoms with E-state index in [1.54, 1.807) is 29.4 Å². The maximum absolute atomic E-state index is 15.4. The Bertz CT molecular complexity index is 1630. The first-order valence-corrected chi connectivity index (χ1v) is 14.3. The van der Waals surface area contributed by atoms with Gasteiger partial charge in [-0.2, -0.15) is 5.10 Å². The van der Waals surface area contributed by atoms with E-state index in [1.165, 1.54) is 12.3 Å². The van der Waals surface area contributed by atoms with Crippen molar-refractivity contribution in [3.63, 3.8) is 0 Å². The number of fused-ring (bicyclic) bond motifs is 1. The van der Waals surface area contributed by atoms with Crippen LogP contribution in [-0.4, -0.2) is 56.0 Å². The van der Waals surface area contributed by atoms with Crippen LogP contribution < -0.4 is 4.90 Å². The molecule has 0 bridgehead atoms. The van der Waals surface area contributed by atoms with Gasteiger partial charge in [0.15, 0.2) is 5.82 Å². The molecule has 2 aliphatic heterocycles. The molecule has 11 heteroatoms. The number of hydrogen-bond acceptors (Lipinski definition) is 6. The lowest BCUT2D eigenvalue weighted by atomic mass is 10.0. The second-order valence-corrected chi connectivity index (χ2v) is 11.9. The topological polar surface area (TPSA) is 76.4 Å². The SMILES string of the molecule is CC(C)(C)OC(=O)N1CCC(n2cc(-c3c(F)cnc4ccc(N5CCC[C@@H]5c5cc(F)ccc5F)nc34)cn2)CC1. The van der Waals surface area contributed by atoms with Crippen LogP contribution in [0.1, 0.15) is 64.1 Å². The van der Waals surface area contributed by atoms with Crippen molar-refractivity contribution >= 4 is 22.9 Å². The maximum Gasteiger partial charge on any atom is 0.410 e. The Balaban J connectivity index is 1.27. The molecule has 5 heterocycles. The van der Waals surface area contributed by atoms with Gasteiger partial charge in [0.1, 0.15) is 28.6 Å². The quantitative estimate of drug-likeness (QED) is 0.264. The van der Waals surface area contributed by atoms with Gasteiger partial charge in [-0.1, -0.05) is 0 Å². The molecule has 2 fully saturated rings. The first-order chi connectivity index (χ1) is 20.1. The van der Waals surface area contributed by atoms with Crippen LogP contribution in [0.4, 0.5) is 23.8 Å². The molecule has 1 amide bonds. The summed E-state index contributed by atoms with van der Waals surface area (Å²) in [6.45, 7) is 7.21. The number of rotatable bonds is 4. The van der Waals surface area contributed by atoms with Crippen molar-refractivity contribution in [3.8, 4) is 11.1 Å². The number of anilines is 1. The molecule has 42 heavy (non-hydrogen) atoms. The Morgan fingerprint density at radius 3 is 2.52 bits per heavy atom. The molecule has 220 valence electrons. The van der Waals surface area contributed by atoms with Gasteiger partial charge in [0.05, 0.1) is 35.6 Å². The Morgan fingerprint density at radius 1 is 0.976 bits per heavy atom. The van der Waals surface area contributed by atoms with Crippen LogP contribution in [0, 0.1) is 17.5 Å². The molecule has 0 saturated carbocycles. The monoisotopic (exact) mass is 578 g/mol. The Hall–Kier alpha value is -4.15. The number of pyridine rings is 2. The van der Waals surface area contributed by atoms with Gasteiger partial charge in [-0.05, 0) is 76.8 Å².